The summed E-state index contributed by atoms with van der Waals surface area (Å²) in [5.74, 6) is 0.851. The Balaban J connectivity index is 2.23. The van der Waals surface area contributed by atoms with Gasteiger partial charge in [0.15, 0.2) is 5.17 Å². The van der Waals surface area contributed by atoms with E-state index in [1.54, 1.807) is 11.8 Å². The van der Waals surface area contributed by atoms with Gasteiger partial charge in [0, 0.05) is 5.25 Å². The lowest BCUT2D eigenvalue weighted by atomic mass is 9.71. The van der Waals surface area contributed by atoms with Crippen LogP contribution < -0.4 is 5.73 Å². The summed E-state index contributed by atoms with van der Waals surface area (Å²) in [5, 5.41) is 8.26. The standard InChI is InChI=1S/C11H20N2S/c1-10(2)7-4-5-11(10,3)8(6-7)14-9(12)13/h7-8H,4-6H2,1-3H3,(H3,12,13)/t7?,8?,11-/m0/s1. The molecule has 0 aromatic heterocycles. The van der Waals surface area contributed by atoms with Crippen molar-refractivity contribution in [3.05, 3.63) is 0 Å². The van der Waals surface area contributed by atoms with Crippen molar-refractivity contribution in [2.45, 2.75) is 45.3 Å². The SMILES string of the molecule is CC1(C)C2CC[C@@]1(C)C(SC(=N)N)C2. The monoisotopic (exact) mass is 212 g/mol. The van der Waals surface area contributed by atoms with Gasteiger partial charge in [0.25, 0.3) is 0 Å². The summed E-state index contributed by atoms with van der Waals surface area (Å²) in [7, 11) is 0. The number of hydrogen-bond acceptors (Lipinski definition) is 2. The average Bonchev–Trinajstić information content (AvgIpc) is 2.35. The molecule has 14 heavy (non-hydrogen) atoms. The van der Waals surface area contributed by atoms with Crippen molar-refractivity contribution in [2.24, 2.45) is 22.5 Å². The summed E-state index contributed by atoms with van der Waals surface area (Å²) in [6.45, 7) is 7.18. The zero-order chi connectivity index (χ0) is 10.6. The van der Waals surface area contributed by atoms with Crippen molar-refractivity contribution in [1.29, 1.82) is 5.41 Å². The smallest absolute Gasteiger partial charge is 0.151 e. The quantitative estimate of drug-likeness (QED) is 0.518. The summed E-state index contributed by atoms with van der Waals surface area (Å²) >= 11 is 1.59. The van der Waals surface area contributed by atoms with E-state index in [0.717, 1.165) is 5.92 Å². The van der Waals surface area contributed by atoms with Crippen LogP contribution >= 0.6 is 11.8 Å². The molecule has 0 saturated heterocycles. The van der Waals surface area contributed by atoms with Gasteiger partial charge in [-0.1, -0.05) is 32.5 Å². The first-order chi connectivity index (χ1) is 6.38. The van der Waals surface area contributed by atoms with E-state index in [9.17, 15) is 0 Å². The first-order valence-electron chi connectivity index (χ1n) is 5.38. The van der Waals surface area contributed by atoms with E-state index in [1.807, 2.05) is 0 Å². The van der Waals surface area contributed by atoms with Crippen LogP contribution in [0.5, 0.6) is 0 Å². The molecule has 0 radical (unpaired) electrons. The number of thioether (sulfide) groups is 1. The highest BCUT2D eigenvalue weighted by molar-refractivity contribution is 8.14. The van der Waals surface area contributed by atoms with Crippen molar-refractivity contribution in [3.8, 4) is 0 Å². The van der Waals surface area contributed by atoms with Crippen molar-refractivity contribution < 1.29 is 0 Å². The van der Waals surface area contributed by atoms with Crippen LogP contribution in [-0.2, 0) is 0 Å². The fraction of sp³-hybridized carbons (Fsp3) is 0.909. The number of hydrogen-bond donors (Lipinski definition) is 2. The van der Waals surface area contributed by atoms with Crippen LogP contribution in [-0.4, -0.2) is 10.4 Å². The maximum atomic E-state index is 7.40. The Labute approximate surface area is 90.5 Å². The minimum Gasteiger partial charge on any atom is -0.379 e. The van der Waals surface area contributed by atoms with Gasteiger partial charge in [-0.25, -0.2) is 0 Å². The van der Waals surface area contributed by atoms with Crippen LogP contribution in [0.3, 0.4) is 0 Å². The molecule has 2 bridgehead atoms. The highest BCUT2D eigenvalue weighted by Gasteiger charge is 2.61. The van der Waals surface area contributed by atoms with E-state index >= 15 is 0 Å². The van der Waals surface area contributed by atoms with Crippen LogP contribution in [0.2, 0.25) is 0 Å². The molecule has 2 rings (SSSR count). The second-order valence-corrected chi connectivity index (χ2v) is 6.83. The van der Waals surface area contributed by atoms with Crippen LogP contribution in [0.15, 0.2) is 0 Å². The van der Waals surface area contributed by atoms with E-state index in [4.69, 9.17) is 11.1 Å². The third kappa shape index (κ3) is 1.14. The molecule has 2 unspecified atom stereocenters. The molecule has 2 nitrogen and oxygen atoms in total. The fourth-order valence-corrected chi connectivity index (χ4v) is 4.78. The fourth-order valence-electron chi connectivity index (χ4n) is 3.46. The molecule has 0 amide bonds. The van der Waals surface area contributed by atoms with E-state index in [1.165, 1.54) is 19.3 Å². The summed E-state index contributed by atoms with van der Waals surface area (Å²) in [4.78, 5) is 0. The number of nitrogens with two attached hydrogens (primary N) is 1. The third-order valence-electron chi connectivity index (χ3n) is 4.98. The normalized spacial score (nSPS) is 44.2. The molecule has 3 heteroatoms. The zero-order valence-corrected chi connectivity index (χ0v) is 10.1. The molecular formula is C11H20N2S. The van der Waals surface area contributed by atoms with Crippen molar-refractivity contribution >= 4 is 16.9 Å². The molecular weight excluding hydrogens is 192 g/mol. The molecule has 0 spiro atoms. The van der Waals surface area contributed by atoms with Crippen LogP contribution in [0.4, 0.5) is 0 Å². The van der Waals surface area contributed by atoms with Gasteiger partial charge in [-0.05, 0) is 36.0 Å². The van der Waals surface area contributed by atoms with Crippen LogP contribution in [0, 0.1) is 22.2 Å². The first-order valence-corrected chi connectivity index (χ1v) is 6.26. The van der Waals surface area contributed by atoms with Crippen LogP contribution in [0.1, 0.15) is 40.0 Å². The van der Waals surface area contributed by atoms with E-state index < -0.39 is 0 Å². The topological polar surface area (TPSA) is 49.9 Å². The summed E-state index contributed by atoms with van der Waals surface area (Å²) in [6.07, 6.45) is 3.95. The van der Waals surface area contributed by atoms with Gasteiger partial charge in [0.2, 0.25) is 0 Å². The second-order valence-electron chi connectivity index (χ2n) is 5.58. The largest absolute Gasteiger partial charge is 0.379 e. The van der Waals surface area contributed by atoms with Gasteiger partial charge in [0.1, 0.15) is 0 Å². The summed E-state index contributed by atoms with van der Waals surface area (Å²) in [5.41, 5.74) is 6.34. The lowest BCUT2D eigenvalue weighted by Crippen LogP contribution is -2.35. The molecule has 80 valence electrons. The summed E-state index contributed by atoms with van der Waals surface area (Å²) < 4.78 is 0. The van der Waals surface area contributed by atoms with Gasteiger partial charge in [-0.15, -0.1) is 0 Å². The van der Waals surface area contributed by atoms with Crippen LogP contribution in [0.25, 0.3) is 0 Å². The Hall–Kier alpha value is -0.180. The van der Waals surface area contributed by atoms with E-state index in [-0.39, 0.29) is 0 Å². The number of amidine groups is 1. The minimum atomic E-state index is 0.291. The molecule has 2 aliphatic rings. The molecule has 0 heterocycles. The van der Waals surface area contributed by atoms with Gasteiger partial charge >= 0.3 is 0 Å². The Morgan fingerprint density at radius 2 is 2.07 bits per heavy atom. The molecule has 2 saturated carbocycles. The first kappa shape index (κ1) is 10.3. The maximum Gasteiger partial charge on any atom is 0.151 e. The molecule has 3 N–H and O–H groups in total. The lowest BCUT2D eigenvalue weighted by Gasteiger charge is -2.38. The molecule has 0 aromatic carbocycles. The highest BCUT2D eigenvalue weighted by atomic mass is 32.2. The number of nitrogens with one attached hydrogen (secondary N) is 1. The molecule has 2 aliphatic carbocycles. The molecule has 3 atom stereocenters. The Morgan fingerprint density at radius 1 is 1.43 bits per heavy atom. The van der Waals surface area contributed by atoms with Gasteiger partial charge in [0.05, 0.1) is 0 Å². The Bertz CT molecular complexity index is 274. The van der Waals surface area contributed by atoms with Gasteiger partial charge in [-0.3, -0.25) is 5.41 Å². The molecule has 0 aromatic rings. The predicted molar refractivity (Wildman–Crippen MR) is 62.5 cm³/mol. The predicted octanol–water partition coefficient (Wildman–Crippen LogP) is 2.83. The Kier molecular flexibility index (Phi) is 2.15. The number of rotatable bonds is 1. The minimum absolute atomic E-state index is 0.291. The molecule has 0 aliphatic heterocycles. The van der Waals surface area contributed by atoms with E-state index in [2.05, 4.69) is 20.8 Å². The second kappa shape index (κ2) is 2.91. The van der Waals surface area contributed by atoms with Gasteiger partial charge < -0.3 is 5.73 Å². The van der Waals surface area contributed by atoms with Crippen molar-refractivity contribution in [3.63, 3.8) is 0 Å². The third-order valence-corrected chi connectivity index (χ3v) is 6.23. The molecule has 2 fully saturated rings. The Morgan fingerprint density at radius 3 is 2.43 bits per heavy atom. The van der Waals surface area contributed by atoms with E-state index in [0.29, 0.717) is 21.2 Å². The van der Waals surface area contributed by atoms with Crippen molar-refractivity contribution in [2.75, 3.05) is 0 Å². The van der Waals surface area contributed by atoms with Crippen molar-refractivity contribution in [1.82, 2.24) is 0 Å². The van der Waals surface area contributed by atoms with Gasteiger partial charge in [-0.2, -0.15) is 0 Å². The highest BCUT2D eigenvalue weighted by Crippen LogP contribution is 2.68. The average molecular weight is 212 g/mol. The maximum absolute atomic E-state index is 7.40. The number of fused-ring (bicyclic) bond motifs is 2. The lowest BCUT2D eigenvalue weighted by molar-refractivity contribution is 0.157. The summed E-state index contributed by atoms with van der Waals surface area (Å²) in [6, 6.07) is 0. The zero-order valence-electron chi connectivity index (χ0n) is 9.26.